The second-order valence-corrected chi connectivity index (χ2v) is 5.10. The van der Waals surface area contributed by atoms with Gasteiger partial charge in [0.1, 0.15) is 10.7 Å². The van der Waals surface area contributed by atoms with Crippen LogP contribution in [0.2, 0.25) is 15.1 Å². The molecule has 2 nitrogen and oxygen atoms in total. The Hall–Kier alpha value is -0.350. The Balaban J connectivity index is 2.55. The van der Waals surface area contributed by atoms with Crippen LogP contribution in [0.25, 0.3) is 5.69 Å². The molecule has 0 unspecified atom stereocenters. The molecule has 1 aromatic heterocycles. The SMILES string of the molecule is CSc1ccn(-c2c(Cl)cc(Cl)cc2Cl)n1. The first-order valence-corrected chi connectivity index (χ1v) is 6.72. The van der Waals surface area contributed by atoms with E-state index in [0.29, 0.717) is 20.8 Å². The summed E-state index contributed by atoms with van der Waals surface area (Å²) in [4.78, 5) is 0. The van der Waals surface area contributed by atoms with Crippen LogP contribution >= 0.6 is 46.6 Å². The average molecular weight is 294 g/mol. The van der Waals surface area contributed by atoms with E-state index in [4.69, 9.17) is 34.8 Å². The minimum Gasteiger partial charge on any atom is -0.237 e. The van der Waals surface area contributed by atoms with Crippen molar-refractivity contribution in [2.45, 2.75) is 5.03 Å². The molecular weight excluding hydrogens is 287 g/mol. The Morgan fingerprint density at radius 3 is 2.31 bits per heavy atom. The summed E-state index contributed by atoms with van der Waals surface area (Å²) in [6.07, 6.45) is 3.77. The van der Waals surface area contributed by atoms with Crippen molar-refractivity contribution < 1.29 is 0 Å². The van der Waals surface area contributed by atoms with Gasteiger partial charge in [0.05, 0.1) is 10.0 Å². The lowest BCUT2D eigenvalue weighted by Crippen LogP contribution is -1.97. The van der Waals surface area contributed by atoms with E-state index in [2.05, 4.69) is 5.10 Å². The van der Waals surface area contributed by atoms with Crippen LogP contribution in [0.3, 0.4) is 0 Å². The Kier molecular flexibility index (Phi) is 3.70. The molecule has 0 radical (unpaired) electrons. The second kappa shape index (κ2) is 4.88. The third-order valence-corrected chi connectivity index (χ3v) is 3.41. The second-order valence-electron chi connectivity index (χ2n) is 3.02. The van der Waals surface area contributed by atoms with Gasteiger partial charge in [0.25, 0.3) is 0 Å². The molecule has 0 N–H and O–H groups in total. The first kappa shape index (κ1) is 12.1. The first-order chi connectivity index (χ1) is 7.61. The molecule has 1 heterocycles. The summed E-state index contributed by atoms with van der Waals surface area (Å²) in [6, 6.07) is 5.18. The Morgan fingerprint density at radius 2 is 1.81 bits per heavy atom. The van der Waals surface area contributed by atoms with Crippen molar-refractivity contribution in [3.8, 4) is 5.69 Å². The van der Waals surface area contributed by atoms with E-state index in [1.54, 1.807) is 28.6 Å². The zero-order valence-corrected chi connectivity index (χ0v) is 11.3. The molecule has 2 aromatic rings. The minimum atomic E-state index is 0.480. The number of benzene rings is 1. The molecular formula is C10H7Cl3N2S. The van der Waals surface area contributed by atoms with Gasteiger partial charge in [-0.3, -0.25) is 0 Å². The van der Waals surface area contributed by atoms with Crippen molar-refractivity contribution in [1.29, 1.82) is 0 Å². The highest BCUT2D eigenvalue weighted by Gasteiger charge is 2.11. The van der Waals surface area contributed by atoms with Crippen molar-refractivity contribution in [2.24, 2.45) is 0 Å². The molecule has 2 rings (SSSR count). The fraction of sp³-hybridized carbons (Fsp3) is 0.100. The van der Waals surface area contributed by atoms with Gasteiger partial charge in [-0.15, -0.1) is 11.8 Å². The van der Waals surface area contributed by atoms with Crippen LogP contribution in [0.5, 0.6) is 0 Å². The summed E-state index contributed by atoms with van der Waals surface area (Å²) in [5.74, 6) is 0. The van der Waals surface area contributed by atoms with Gasteiger partial charge in [-0.2, -0.15) is 5.10 Å². The fourth-order valence-corrected chi connectivity index (χ4v) is 2.65. The summed E-state index contributed by atoms with van der Waals surface area (Å²) in [5.41, 5.74) is 0.646. The van der Waals surface area contributed by atoms with Gasteiger partial charge in [-0.25, -0.2) is 4.68 Å². The van der Waals surface area contributed by atoms with E-state index < -0.39 is 0 Å². The van der Waals surface area contributed by atoms with Crippen molar-refractivity contribution in [2.75, 3.05) is 6.26 Å². The van der Waals surface area contributed by atoms with Crippen LogP contribution < -0.4 is 0 Å². The molecule has 0 aliphatic heterocycles. The fourth-order valence-electron chi connectivity index (χ4n) is 1.29. The molecule has 16 heavy (non-hydrogen) atoms. The Labute approximate surface area is 112 Å². The molecule has 0 fully saturated rings. The molecule has 6 heteroatoms. The maximum Gasteiger partial charge on any atom is 0.118 e. The van der Waals surface area contributed by atoms with E-state index in [-0.39, 0.29) is 0 Å². The van der Waals surface area contributed by atoms with Gasteiger partial charge in [0, 0.05) is 11.2 Å². The summed E-state index contributed by atoms with van der Waals surface area (Å²) in [5, 5.41) is 6.69. The molecule has 0 spiro atoms. The number of aromatic nitrogens is 2. The zero-order chi connectivity index (χ0) is 11.7. The van der Waals surface area contributed by atoms with Crippen LogP contribution in [-0.2, 0) is 0 Å². The minimum absolute atomic E-state index is 0.480. The quantitative estimate of drug-likeness (QED) is 0.756. The number of hydrogen-bond acceptors (Lipinski definition) is 2. The van der Waals surface area contributed by atoms with Crippen molar-refractivity contribution in [1.82, 2.24) is 9.78 Å². The lowest BCUT2D eigenvalue weighted by molar-refractivity contribution is 0.838. The predicted octanol–water partition coefficient (Wildman–Crippen LogP) is 4.55. The van der Waals surface area contributed by atoms with Crippen molar-refractivity contribution in [3.63, 3.8) is 0 Å². The number of rotatable bonds is 2. The normalized spacial score (nSPS) is 10.8. The zero-order valence-electron chi connectivity index (χ0n) is 8.25. The highest BCUT2D eigenvalue weighted by molar-refractivity contribution is 7.98. The van der Waals surface area contributed by atoms with Gasteiger partial charge >= 0.3 is 0 Å². The maximum absolute atomic E-state index is 6.09. The van der Waals surface area contributed by atoms with Gasteiger partial charge in [-0.05, 0) is 24.5 Å². The monoisotopic (exact) mass is 292 g/mol. The van der Waals surface area contributed by atoms with Crippen molar-refractivity contribution in [3.05, 3.63) is 39.5 Å². The van der Waals surface area contributed by atoms with Crippen LogP contribution in [0.15, 0.2) is 29.4 Å². The summed E-state index contributed by atoms with van der Waals surface area (Å²) in [7, 11) is 0. The number of nitrogens with zero attached hydrogens (tertiary/aromatic N) is 2. The molecule has 0 amide bonds. The van der Waals surface area contributed by atoms with Gasteiger partial charge < -0.3 is 0 Å². The third-order valence-electron chi connectivity index (χ3n) is 1.98. The smallest absolute Gasteiger partial charge is 0.118 e. The van der Waals surface area contributed by atoms with E-state index in [1.807, 2.05) is 18.5 Å². The number of hydrogen-bond donors (Lipinski definition) is 0. The molecule has 1 aromatic carbocycles. The molecule has 0 saturated heterocycles. The molecule has 0 aliphatic rings. The first-order valence-electron chi connectivity index (χ1n) is 4.36. The number of halogens is 3. The molecule has 0 atom stereocenters. The topological polar surface area (TPSA) is 17.8 Å². The van der Waals surface area contributed by atoms with Crippen LogP contribution in [0.4, 0.5) is 0 Å². The molecule has 0 aliphatic carbocycles. The van der Waals surface area contributed by atoms with Crippen LogP contribution in [0.1, 0.15) is 0 Å². The van der Waals surface area contributed by atoms with E-state index >= 15 is 0 Å². The predicted molar refractivity (Wildman–Crippen MR) is 70.4 cm³/mol. The molecule has 84 valence electrons. The molecule has 0 bridgehead atoms. The lowest BCUT2D eigenvalue weighted by Gasteiger charge is -2.07. The highest BCUT2D eigenvalue weighted by atomic mass is 35.5. The summed E-state index contributed by atoms with van der Waals surface area (Å²) >= 11 is 19.6. The Morgan fingerprint density at radius 1 is 1.19 bits per heavy atom. The highest BCUT2D eigenvalue weighted by Crippen LogP contribution is 2.32. The van der Waals surface area contributed by atoms with Gasteiger partial charge in [0.15, 0.2) is 0 Å². The van der Waals surface area contributed by atoms with Crippen molar-refractivity contribution >= 4 is 46.6 Å². The third kappa shape index (κ3) is 2.33. The summed E-state index contributed by atoms with van der Waals surface area (Å²) < 4.78 is 1.65. The average Bonchev–Trinajstić information content (AvgIpc) is 2.64. The van der Waals surface area contributed by atoms with E-state index in [9.17, 15) is 0 Å². The standard InChI is InChI=1S/C10H7Cl3N2S/c1-16-9-2-3-15(14-9)10-7(12)4-6(11)5-8(10)13/h2-5H,1H3. The number of thioether (sulfide) groups is 1. The Bertz CT molecular complexity index is 502. The molecule has 0 saturated carbocycles. The van der Waals surface area contributed by atoms with Crippen LogP contribution in [-0.4, -0.2) is 16.0 Å². The lowest BCUT2D eigenvalue weighted by atomic mass is 10.3. The van der Waals surface area contributed by atoms with Gasteiger partial charge in [-0.1, -0.05) is 34.8 Å². The maximum atomic E-state index is 6.09. The van der Waals surface area contributed by atoms with Gasteiger partial charge in [0.2, 0.25) is 0 Å². The summed E-state index contributed by atoms with van der Waals surface area (Å²) in [6.45, 7) is 0. The largest absolute Gasteiger partial charge is 0.237 e. The van der Waals surface area contributed by atoms with E-state index in [1.165, 1.54) is 0 Å². The van der Waals surface area contributed by atoms with Crippen LogP contribution in [0, 0.1) is 0 Å². The van der Waals surface area contributed by atoms with E-state index in [0.717, 1.165) is 5.03 Å².